The molecule has 0 aliphatic rings. The van der Waals surface area contributed by atoms with Crippen molar-refractivity contribution in [3.63, 3.8) is 0 Å². The van der Waals surface area contributed by atoms with E-state index < -0.39 is 5.97 Å². The van der Waals surface area contributed by atoms with E-state index in [0.29, 0.717) is 6.42 Å². The number of nitrogens with zero attached hydrogens (tertiary/aromatic N) is 2. The lowest BCUT2D eigenvalue weighted by molar-refractivity contribution is -0.136. The lowest BCUT2D eigenvalue weighted by atomic mass is 10.1. The molecule has 6 heteroatoms. The van der Waals surface area contributed by atoms with E-state index in [2.05, 4.69) is 21.0 Å². The highest BCUT2D eigenvalue weighted by Crippen LogP contribution is 2.26. The number of aromatic nitrogens is 2. The number of carbonyl (C=O) groups is 1. The van der Waals surface area contributed by atoms with Gasteiger partial charge in [0.1, 0.15) is 10.4 Å². The number of rotatable bonds is 5. The Bertz CT molecular complexity index is 620. The van der Waals surface area contributed by atoms with E-state index >= 15 is 0 Å². The molecule has 0 aliphatic heterocycles. The number of aliphatic carboxylic acids is 1. The summed E-state index contributed by atoms with van der Waals surface area (Å²) in [6.07, 6.45) is 0.547. The number of carboxylic acid groups (broad SMARTS) is 1. The topological polar surface area (TPSA) is 64.4 Å². The fraction of sp³-hybridized carbons (Fsp3) is 0.286. The normalized spacial score (nSPS) is 10.6. The Labute approximate surface area is 125 Å². The number of carboxylic acids is 1. The van der Waals surface area contributed by atoms with Crippen molar-refractivity contribution in [1.82, 2.24) is 9.78 Å². The van der Waals surface area contributed by atoms with Crippen LogP contribution in [-0.4, -0.2) is 28.0 Å². The van der Waals surface area contributed by atoms with Crippen LogP contribution in [0.15, 0.2) is 28.9 Å². The minimum atomic E-state index is -0.812. The monoisotopic (exact) mass is 338 g/mol. The van der Waals surface area contributed by atoms with Gasteiger partial charge < -0.3 is 9.84 Å². The number of halogens is 1. The Morgan fingerprint density at radius 2 is 2.05 bits per heavy atom. The SMILES string of the molecule is COc1ccc(-n2nc(C)c(CCC(=O)O)c2Br)cc1. The Balaban J connectivity index is 2.32. The average Bonchev–Trinajstić information content (AvgIpc) is 2.72. The van der Waals surface area contributed by atoms with Crippen LogP contribution in [0, 0.1) is 6.92 Å². The molecule has 0 amide bonds. The molecule has 5 nitrogen and oxygen atoms in total. The van der Waals surface area contributed by atoms with Crippen LogP contribution in [0.5, 0.6) is 5.75 Å². The van der Waals surface area contributed by atoms with E-state index in [0.717, 1.165) is 27.3 Å². The van der Waals surface area contributed by atoms with Gasteiger partial charge >= 0.3 is 5.97 Å². The maximum atomic E-state index is 10.7. The van der Waals surface area contributed by atoms with Gasteiger partial charge in [0.05, 0.1) is 18.5 Å². The van der Waals surface area contributed by atoms with E-state index in [9.17, 15) is 4.79 Å². The molecule has 1 N–H and O–H groups in total. The smallest absolute Gasteiger partial charge is 0.303 e. The van der Waals surface area contributed by atoms with Gasteiger partial charge in [-0.05, 0) is 53.5 Å². The summed E-state index contributed by atoms with van der Waals surface area (Å²) in [7, 11) is 1.62. The summed E-state index contributed by atoms with van der Waals surface area (Å²) in [6.45, 7) is 1.88. The summed E-state index contributed by atoms with van der Waals surface area (Å²) in [6, 6.07) is 7.51. The number of methoxy groups -OCH3 is 1. The van der Waals surface area contributed by atoms with Gasteiger partial charge in [-0.2, -0.15) is 5.10 Å². The zero-order valence-corrected chi connectivity index (χ0v) is 12.8. The molecule has 0 unspecified atom stereocenters. The van der Waals surface area contributed by atoms with Gasteiger partial charge in [0.25, 0.3) is 0 Å². The minimum absolute atomic E-state index is 0.0910. The van der Waals surface area contributed by atoms with E-state index in [1.165, 1.54) is 0 Å². The lowest BCUT2D eigenvalue weighted by Crippen LogP contribution is -1.99. The molecule has 106 valence electrons. The molecule has 2 rings (SSSR count). The van der Waals surface area contributed by atoms with Crippen molar-refractivity contribution in [2.45, 2.75) is 19.8 Å². The third kappa shape index (κ3) is 3.01. The van der Waals surface area contributed by atoms with Crippen LogP contribution in [0.1, 0.15) is 17.7 Å². The highest BCUT2D eigenvalue weighted by atomic mass is 79.9. The molecule has 0 saturated heterocycles. The van der Waals surface area contributed by atoms with Gasteiger partial charge in [-0.1, -0.05) is 0 Å². The Morgan fingerprint density at radius 1 is 1.40 bits per heavy atom. The third-order valence-corrected chi connectivity index (χ3v) is 3.84. The fourth-order valence-corrected chi connectivity index (χ4v) is 2.71. The van der Waals surface area contributed by atoms with Crippen LogP contribution >= 0.6 is 15.9 Å². The fourth-order valence-electron chi connectivity index (χ4n) is 1.94. The van der Waals surface area contributed by atoms with Gasteiger partial charge in [-0.15, -0.1) is 0 Å². The number of aryl methyl sites for hydroxylation is 1. The Morgan fingerprint density at radius 3 is 2.60 bits per heavy atom. The molecule has 0 radical (unpaired) electrons. The molecule has 0 spiro atoms. The molecule has 0 atom stereocenters. The van der Waals surface area contributed by atoms with Crippen LogP contribution < -0.4 is 4.74 Å². The van der Waals surface area contributed by atoms with Crippen LogP contribution in [0.25, 0.3) is 5.69 Å². The third-order valence-electron chi connectivity index (χ3n) is 3.03. The number of hydrogen-bond acceptors (Lipinski definition) is 3. The van der Waals surface area contributed by atoms with Gasteiger partial charge in [0.15, 0.2) is 0 Å². The zero-order chi connectivity index (χ0) is 14.7. The Hall–Kier alpha value is -1.82. The van der Waals surface area contributed by atoms with Crippen LogP contribution in [0.3, 0.4) is 0 Å². The molecular formula is C14H15BrN2O3. The molecule has 1 heterocycles. The van der Waals surface area contributed by atoms with Gasteiger partial charge in [-0.3, -0.25) is 4.79 Å². The minimum Gasteiger partial charge on any atom is -0.497 e. The van der Waals surface area contributed by atoms with E-state index in [4.69, 9.17) is 9.84 Å². The second kappa shape index (κ2) is 6.09. The summed E-state index contributed by atoms with van der Waals surface area (Å²) in [5.41, 5.74) is 2.64. The van der Waals surface area contributed by atoms with Gasteiger partial charge in [0, 0.05) is 12.0 Å². The summed E-state index contributed by atoms with van der Waals surface area (Å²) in [5, 5.41) is 13.2. The molecule has 0 bridgehead atoms. The summed E-state index contributed by atoms with van der Waals surface area (Å²) >= 11 is 3.50. The van der Waals surface area contributed by atoms with E-state index in [-0.39, 0.29) is 6.42 Å². The second-order valence-corrected chi connectivity index (χ2v) is 5.11. The van der Waals surface area contributed by atoms with Crippen molar-refractivity contribution in [2.24, 2.45) is 0 Å². The van der Waals surface area contributed by atoms with Gasteiger partial charge in [0.2, 0.25) is 0 Å². The molecule has 0 saturated carbocycles. The average molecular weight is 339 g/mol. The maximum Gasteiger partial charge on any atom is 0.303 e. The van der Waals surface area contributed by atoms with Gasteiger partial charge in [-0.25, -0.2) is 4.68 Å². The summed E-state index contributed by atoms with van der Waals surface area (Å²) in [5.74, 6) is -0.0339. The molecule has 0 fully saturated rings. The first kappa shape index (κ1) is 14.6. The summed E-state index contributed by atoms with van der Waals surface area (Å²) < 4.78 is 7.67. The largest absolute Gasteiger partial charge is 0.497 e. The maximum absolute atomic E-state index is 10.7. The Kier molecular flexibility index (Phi) is 4.44. The molecule has 1 aromatic carbocycles. The van der Waals surface area contributed by atoms with Crippen molar-refractivity contribution in [3.05, 3.63) is 40.1 Å². The quantitative estimate of drug-likeness (QED) is 0.910. The molecule has 20 heavy (non-hydrogen) atoms. The van der Waals surface area contributed by atoms with Crippen molar-refractivity contribution in [3.8, 4) is 11.4 Å². The van der Waals surface area contributed by atoms with Crippen molar-refractivity contribution in [2.75, 3.05) is 7.11 Å². The first-order valence-corrected chi connectivity index (χ1v) is 6.92. The van der Waals surface area contributed by atoms with Crippen molar-refractivity contribution >= 4 is 21.9 Å². The summed E-state index contributed by atoms with van der Waals surface area (Å²) in [4.78, 5) is 10.7. The second-order valence-electron chi connectivity index (χ2n) is 4.36. The lowest BCUT2D eigenvalue weighted by Gasteiger charge is -2.05. The molecule has 0 aliphatic carbocycles. The first-order valence-electron chi connectivity index (χ1n) is 6.13. The van der Waals surface area contributed by atoms with Crippen LogP contribution in [-0.2, 0) is 11.2 Å². The molecular weight excluding hydrogens is 324 g/mol. The highest BCUT2D eigenvalue weighted by molar-refractivity contribution is 9.10. The number of ether oxygens (including phenoxy) is 1. The van der Waals surface area contributed by atoms with Crippen molar-refractivity contribution in [1.29, 1.82) is 0 Å². The zero-order valence-electron chi connectivity index (χ0n) is 11.3. The highest BCUT2D eigenvalue weighted by Gasteiger charge is 2.15. The van der Waals surface area contributed by atoms with Crippen molar-refractivity contribution < 1.29 is 14.6 Å². The van der Waals surface area contributed by atoms with E-state index in [1.54, 1.807) is 11.8 Å². The predicted molar refractivity (Wildman–Crippen MR) is 78.5 cm³/mol. The predicted octanol–water partition coefficient (Wildman–Crippen LogP) is 2.97. The first-order chi connectivity index (χ1) is 9.52. The van der Waals surface area contributed by atoms with E-state index in [1.807, 2.05) is 31.2 Å². The molecule has 1 aromatic heterocycles. The van der Waals surface area contributed by atoms with Crippen LogP contribution in [0.4, 0.5) is 0 Å². The number of benzene rings is 1. The van der Waals surface area contributed by atoms with Crippen LogP contribution in [0.2, 0.25) is 0 Å². The standard InChI is InChI=1S/C14H15BrN2O3/c1-9-12(7-8-13(18)19)14(15)17(16-9)10-3-5-11(20-2)6-4-10/h3-6H,7-8H2,1-2H3,(H,18,19). The molecule has 2 aromatic rings. The number of hydrogen-bond donors (Lipinski definition) is 1.